The molecule has 42 heavy (non-hydrogen) atoms. The zero-order valence-electron chi connectivity index (χ0n) is 23.9. The molecule has 3 aromatic heterocycles. The van der Waals surface area contributed by atoms with Crippen molar-refractivity contribution in [3.05, 3.63) is 101 Å². The number of hydrogen-bond acceptors (Lipinski definition) is 6. The molecule has 0 spiro atoms. The van der Waals surface area contributed by atoms with Crippen LogP contribution in [0.25, 0.3) is 16.6 Å². The van der Waals surface area contributed by atoms with E-state index in [-0.39, 0.29) is 11.8 Å². The first kappa shape index (κ1) is 27.9. The van der Waals surface area contributed by atoms with Gasteiger partial charge < -0.3 is 19.3 Å². The molecule has 216 valence electrons. The first-order valence-corrected chi connectivity index (χ1v) is 14.4. The van der Waals surface area contributed by atoms with E-state index in [1.165, 1.54) is 0 Å². The molecule has 0 unspecified atom stereocenters. The molecule has 0 saturated carbocycles. The average Bonchev–Trinajstić information content (AvgIpc) is 3.71. The minimum absolute atomic E-state index is 0.0542. The molecule has 1 N–H and O–H groups in total. The van der Waals surface area contributed by atoms with Gasteiger partial charge in [0.05, 0.1) is 41.6 Å². The fourth-order valence-corrected chi connectivity index (χ4v) is 6.42. The number of fused-ring (bicyclic) bond motifs is 1. The first-order chi connectivity index (χ1) is 20.3. The predicted molar refractivity (Wildman–Crippen MR) is 161 cm³/mol. The molecule has 1 amide bonds. The number of piperidine rings is 1. The Bertz CT molecular complexity index is 1730. The lowest BCUT2D eigenvalue weighted by atomic mass is 9.73. The van der Waals surface area contributed by atoms with Crippen LogP contribution < -0.4 is 4.74 Å². The van der Waals surface area contributed by atoms with E-state index in [1.54, 1.807) is 32.8 Å². The molecule has 2 aromatic carbocycles. The summed E-state index contributed by atoms with van der Waals surface area (Å²) in [4.78, 5) is 22.9. The molecule has 1 aliphatic heterocycles. The number of benzene rings is 2. The number of amides is 1. The van der Waals surface area contributed by atoms with Gasteiger partial charge in [-0.05, 0) is 54.3 Å². The number of methoxy groups -OCH3 is 1. The number of likely N-dealkylation sites (tertiary alicyclic amines) is 1. The van der Waals surface area contributed by atoms with E-state index in [1.807, 2.05) is 75.9 Å². The van der Waals surface area contributed by atoms with E-state index in [2.05, 4.69) is 10.1 Å². The molecular formula is C32H33ClN6O3. The van der Waals surface area contributed by atoms with Gasteiger partial charge in [0.15, 0.2) is 0 Å². The maximum absolute atomic E-state index is 12.6. The van der Waals surface area contributed by atoms with Crippen molar-refractivity contribution in [3.8, 4) is 11.6 Å². The lowest BCUT2D eigenvalue weighted by molar-refractivity contribution is -0.131. The number of imidazole rings is 1. The van der Waals surface area contributed by atoms with E-state index in [4.69, 9.17) is 21.3 Å². The van der Waals surface area contributed by atoms with Gasteiger partial charge in [0.25, 0.3) is 0 Å². The number of aliphatic hydroxyl groups is 1. The zero-order chi connectivity index (χ0) is 29.4. The van der Waals surface area contributed by atoms with Crippen LogP contribution in [0, 0.1) is 5.92 Å². The highest BCUT2D eigenvalue weighted by atomic mass is 35.5. The summed E-state index contributed by atoms with van der Waals surface area (Å²) in [5.74, 6) is 0.396. The largest absolute Gasteiger partial charge is 0.481 e. The van der Waals surface area contributed by atoms with Crippen LogP contribution in [-0.2, 0) is 23.9 Å². The fourth-order valence-electron chi connectivity index (χ4n) is 6.12. The normalized spacial score (nSPS) is 15.6. The van der Waals surface area contributed by atoms with Crippen LogP contribution >= 0.6 is 11.6 Å². The molecule has 9 nitrogen and oxygen atoms in total. The Morgan fingerprint density at radius 1 is 1.17 bits per heavy atom. The van der Waals surface area contributed by atoms with Gasteiger partial charge in [-0.3, -0.25) is 4.79 Å². The predicted octanol–water partition coefficient (Wildman–Crippen LogP) is 4.90. The first-order valence-electron chi connectivity index (χ1n) is 14.0. The molecule has 10 heteroatoms. The zero-order valence-corrected chi connectivity index (χ0v) is 24.6. The van der Waals surface area contributed by atoms with Gasteiger partial charge in [-0.25, -0.2) is 14.6 Å². The number of carbonyl (C=O) groups excluding carboxylic acids is 1. The summed E-state index contributed by atoms with van der Waals surface area (Å²) in [7, 11) is 3.48. The SMILES string of the molecule is COc1nc2ccc([C@@](O)(c3cncn3C)C3CCN(C(C)=O)CC3)cc2c(Cl)c1Cc1ccc(-n2cccn2)cc1. The summed E-state index contributed by atoms with van der Waals surface area (Å²) in [5, 5.41) is 18.1. The van der Waals surface area contributed by atoms with E-state index in [9.17, 15) is 9.90 Å². The molecule has 1 fully saturated rings. The standard InChI is InChI=1S/C32H33ClN6O3/c1-21(40)38-15-11-23(12-16-38)32(41,29-19-34-20-37(29)2)24-7-10-28-26(18-24)30(33)27(31(36-28)42-3)17-22-5-8-25(9-6-22)39-14-4-13-35-39/h4-10,13-14,18-20,23,41H,11-12,15-17H2,1-3H3/t32-/m1/s1. The van der Waals surface area contributed by atoms with Crippen molar-refractivity contribution in [1.29, 1.82) is 0 Å². The fraction of sp³-hybridized carbons (Fsp3) is 0.312. The Kier molecular flexibility index (Phi) is 7.47. The third-order valence-electron chi connectivity index (χ3n) is 8.44. The van der Waals surface area contributed by atoms with Crippen LogP contribution in [0.1, 0.15) is 42.1 Å². The third-order valence-corrected chi connectivity index (χ3v) is 8.87. The second-order valence-corrected chi connectivity index (χ2v) is 11.3. The van der Waals surface area contributed by atoms with Gasteiger partial charge in [0, 0.05) is 62.7 Å². The van der Waals surface area contributed by atoms with Crippen molar-refractivity contribution in [2.24, 2.45) is 13.0 Å². The van der Waals surface area contributed by atoms with Crippen molar-refractivity contribution in [2.45, 2.75) is 31.8 Å². The molecule has 6 rings (SSSR count). The summed E-state index contributed by atoms with van der Waals surface area (Å²) in [6.07, 6.45) is 8.90. The number of carbonyl (C=O) groups is 1. The van der Waals surface area contributed by atoms with Crippen molar-refractivity contribution in [1.82, 2.24) is 29.2 Å². The van der Waals surface area contributed by atoms with Crippen LogP contribution in [0.5, 0.6) is 5.88 Å². The van der Waals surface area contributed by atoms with E-state index in [0.717, 1.165) is 22.2 Å². The summed E-state index contributed by atoms with van der Waals surface area (Å²) in [6.45, 7) is 2.78. The highest BCUT2D eigenvalue weighted by molar-refractivity contribution is 6.36. The molecule has 5 aromatic rings. The van der Waals surface area contributed by atoms with Gasteiger partial charge in [-0.2, -0.15) is 5.10 Å². The smallest absolute Gasteiger partial charge is 0.219 e. The number of aromatic nitrogens is 5. The van der Waals surface area contributed by atoms with Gasteiger partial charge in [0.1, 0.15) is 5.60 Å². The molecule has 1 atom stereocenters. The third kappa shape index (κ3) is 4.92. The van der Waals surface area contributed by atoms with Crippen molar-refractivity contribution < 1.29 is 14.6 Å². The number of nitrogens with zero attached hydrogens (tertiary/aromatic N) is 6. The van der Waals surface area contributed by atoms with Crippen LogP contribution in [0.3, 0.4) is 0 Å². The lowest BCUT2D eigenvalue weighted by Gasteiger charge is -2.42. The molecule has 0 bridgehead atoms. The number of ether oxygens (including phenoxy) is 1. The van der Waals surface area contributed by atoms with Gasteiger partial charge in [-0.15, -0.1) is 0 Å². The van der Waals surface area contributed by atoms with Gasteiger partial charge >= 0.3 is 0 Å². The summed E-state index contributed by atoms with van der Waals surface area (Å²) >= 11 is 7.13. The van der Waals surface area contributed by atoms with Crippen LogP contribution in [0.15, 0.2) is 73.4 Å². The summed E-state index contributed by atoms with van der Waals surface area (Å²) < 4.78 is 9.35. The summed E-state index contributed by atoms with van der Waals surface area (Å²) in [6, 6.07) is 15.7. The summed E-state index contributed by atoms with van der Waals surface area (Å²) in [5.41, 5.74) is 3.53. The Morgan fingerprint density at radius 3 is 2.55 bits per heavy atom. The van der Waals surface area contributed by atoms with E-state index < -0.39 is 5.60 Å². The number of hydrogen-bond donors (Lipinski definition) is 1. The quantitative estimate of drug-likeness (QED) is 0.292. The minimum atomic E-state index is -1.34. The van der Waals surface area contributed by atoms with Crippen molar-refractivity contribution in [2.75, 3.05) is 20.2 Å². The van der Waals surface area contributed by atoms with Gasteiger partial charge in [-0.1, -0.05) is 29.8 Å². The van der Waals surface area contributed by atoms with Crippen LogP contribution in [0.2, 0.25) is 5.02 Å². The lowest BCUT2D eigenvalue weighted by Crippen LogP contribution is -2.46. The van der Waals surface area contributed by atoms with E-state index in [0.29, 0.717) is 60.0 Å². The Morgan fingerprint density at radius 2 is 1.93 bits per heavy atom. The molecule has 0 radical (unpaired) electrons. The number of halogens is 1. The highest BCUT2D eigenvalue weighted by Gasteiger charge is 2.44. The number of pyridine rings is 1. The highest BCUT2D eigenvalue weighted by Crippen LogP contribution is 2.44. The monoisotopic (exact) mass is 584 g/mol. The molecular weight excluding hydrogens is 552 g/mol. The Labute approximate surface area is 249 Å². The molecule has 1 saturated heterocycles. The van der Waals surface area contributed by atoms with Crippen molar-refractivity contribution in [3.63, 3.8) is 0 Å². The van der Waals surface area contributed by atoms with Gasteiger partial charge in [0.2, 0.25) is 11.8 Å². The van der Waals surface area contributed by atoms with Crippen LogP contribution in [-0.4, -0.2) is 60.4 Å². The number of rotatable bonds is 7. The second kappa shape index (κ2) is 11.2. The average molecular weight is 585 g/mol. The molecule has 4 heterocycles. The maximum Gasteiger partial charge on any atom is 0.219 e. The van der Waals surface area contributed by atoms with E-state index >= 15 is 0 Å². The molecule has 0 aliphatic carbocycles. The molecule has 1 aliphatic rings. The maximum atomic E-state index is 12.6. The van der Waals surface area contributed by atoms with Crippen molar-refractivity contribution >= 4 is 28.4 Å². The minimum Gasteiger partial charge on any atom is -0.481 e. The topological polar surface area (TPSA) is 98.3 Å². The second-order valence-electron chi connectivity index (χ2n) is 10.9. The Hall–Kier alpha value is -4.21. The number of aryl methyl sites for hydroxylation is 1. The Balaban J connectivity index is 1.40. The van der Waals surface area contributed by atoms with Crippen LogP contribution in [0.4, 0.5) is 0 Å².